The second-order valence-corrected chi connectivity index (χ2v) is 3.67. The molecule has 0 unspecified atom stereocenters. The molecule has 0 saturated carbocycles. The monoisotopic (exact) mass is 260 g/mol. The maximum absolute atomic E-state index is 8.48. The zero-order valence-electron chi connectivity index (χ0n) is 9.26. The third-order valence-corrected chi connectivity index (χ3v) is 2.24. The highest BCUT2D eigenvalue weighted by Gasteiger charge is 2.04. The van der Waals surface area contributed by atoms with Crippen molar-refractivity contribution in [2.45, 2.75) is 6.54 Å². The molecule has 0 aliphatic carbocycles. The Hall–Kier alpha value is -2.39. The Bertz CT molecular complexity index is 565. The van der Waals surface area contributed by atoms with E-state index in [4.69, 9.17) is 16.9 Å². The summed E-state index contributed by atoms with van der Waals surface area (Å²) in [5.74, 6) is 0.435. The van der Waals surface area contributed by atoms with Gasteiger partial charge in [0.15, 0.2) is 6.19 Å². The van der Waals surface area contributed by atoms with Crippen LogP contribution in [0.3, 0.4) is 0 Å². The maximum atomic E-state index is 8.48. The Labute approximate surface area is 109 Å². The molecule has 0 bridgehead atoms. The SMILES string of the molecule is N#CNc1nc(Cl)nc(NCc2ccccc2)n1. The summed E-state index contributed by atoms with van der Waals surface area (Å²) in [4.78, 5) is 11.6. The molecule has 7 heteroatoms. The smallest absolute Gasteiger partial charge is 0.242 e. The van der Waals surface area contributed by atoms with Crippen LogP contribution in [0.4, 0.5) is 11.9 Å². The Kier molecular flexibility index (Phi) is 3.89. The standard InChI is InChI=1S/C11H9ClN6/c12-9-16-10(18-11(17-9)15-7-13)14-6-8-4-2-1-3-5-8/h1-5H,6H2,(H2,14,15,16,17,18). The van der Waals surface area contributed by atoms with Gasteiger partial charge in [0.2, 0.25) is 17.2 Å². The van der Waals surface area contributed by atoms with Crippen LogP contribution < -0.4 is 10.6 Å². The largest absolute Gasteiger partial charge is 0.350 e. The van der Waals surface area contributed by atoms with Crippen LogP contribution >= 0.6 is 11.6 Å². The first-order valence-corrected chi connectivity index (χ1v) is 5.50. The molecule has 0 radical (unpaired) electrons. The van der Waals surface area contributed by atoms with Crippen LogP contribution in [0.15, 0.2) is 30.3 Å². The van der Waals surface area contributed by atoms with E-state index < -0.39 is 0 Å². The van der Waals surface area contributed by atoms with Gasteiger partial charge in [-0.25, -0.2) is 0 Å². The number of halogens is 1. The van der Waals surface area contributed by atoms with Crippen LogP contribution in [0.1, 0.15) is 5.56 Å². The molecule has 2 N–H and O–H groups in total. The highest BCUT2D eigenvalue weighted by Crippen LogP contribution is 2.10. The first-order valence-electron chi connectivity index (χ1n) is 5.12. The number of nitrogens with zero attached hydrogens (tertiary/aromatic N) is 4. The number of anilines is 2. The average molecular weight is 261 g/mol. The molecular formula is C11H9ClN6. The van der Waals surface area contributed by atoms with Crippen molar-refractivity contribution in [3.63, 3.8) is 0 Å². The summed E-state index contributed by atoms with van der Waals surface area (Å²) in [7, 11) is 0. The molecule has 0 saturated heterocycles. The van der Waals surface area contributed by atoms with Gasteiger partial charge in [-0.3, -0.25) is 5.32 Å². The van der Waals surface area contributed by atoms with Crippen LogP contribution in [0.25, 0.3) is 0 Å². The summed E-state index contributed by atoms with van der Waals surface area (Å²) in [6.45, 7) is 0.563. The number of aromatic nitrogens is 3. The quantitative estimate of drug-likeness (QED) is 0.646. The number of rotatable bonds is 4. The second-order valence-electron chi connectivity index (χ2n) is 3.33. The van der Waals surface area contributed by atoms with E-state index in [1.807, 2.05) is 30.3 Å². The third kappa shape index (κ3) is 3.30. The van der Waals surface area contributed by atoms with Gasteiger partial charge in [0, 0.05) is 6.54 Å². The lowest BCUT2D eigenvalue weighted by molar-refractivity contribution is 1.01. The van der Waals surface area contributed by atoms with Crippen molar-refractivity contribution in [3.8, 4) is 6.19 Å². The molecule has 0 aliphatic rings. The van der Waals surface area contributed by atoms with Gasteiger partial charge in [-0.2, -0.15) is 20.2 Å². The molecule has 2 rings (SSSR count). The van der Waals surface area contributed by atoms with E-state index in [2.05, 4.69) is 25.6 Å². The van der Waals surface area contributed by atoms with Crippen molar-refractivity contribution in [1.82, 2.24) is 15.0 Å². The fourth-order valence-corrected chi connectivity index (χ4v) is 1.47. The minimum Gasteiger partial charge on any atom is -0.350 e. The number of nitrogens with one attached hydrogen (secondary N) is 2. The van der Waals surface area contributed by atoms with Crippen LogP contribution in [0, 0.1) is 11.5 Å². The molecule has 0 amide bonds. The van der Waals surface area contributed by atoms with Crippen LogP contribution in [-0.2, 0) is 6.54 Å². The van der Waals surface area contributed by atoms with Crippen molar-refractivity contribution in [2.75, 3.05) is 10.6 Å². The summed E-state index contributed by atoms with van der Waals surface area (Å²) >= 11 is 5.72. The Morgan fingerprint density at radius 1 is 1.11 bits per heavy atom. The van der Waals surface area contributed by atoms with Crippen molar-refractivity contribution >= 4 is 23.5 Å². The molecule has 6 nitrogen and oxygen atoms in total. The molecule has 18 heavy (non-hydrogen) atoms. The summed E-state index contributed by atoms with van der Waals surface area (Å²) in [5, 5.41) is 13.8. The fourth-order valence-electron chi connectivity index (χ4n) is 1.31. The molecule has 90 valence electrons. The van der Waals surface area contributed by atoms with Crippen molar-refractivity contribution < 1.29 is 0 Å². The third-order valence-electron chi connectivity index (χ3n) is 2.07. The van der Waals surface area contributed by atoms with Gasteiger partial charge in [0.05, 0.1) is 0 Å². The summed E-state index contributed by atoms with van der Waals surface area (Å²) < 4.78 is 0. The fraction of sp³-hybridized carbons (Fsp3) is 0.0909. The van der Waals surface area contributed by atoms with Crippen LogP contribution in [0.2, 0.25) is 5.28 Å². The minimum atomic E-state index is 0.0262. The summed E-state index contributed by atoms with van der Waals surface area (Å²) in [6, 6.07) is 9.78. The molecule has 0 spiro atoms. The number of hydrogen-bond donors (Lipinski definition) is 2. The lowest BCUT2D eigenvalue weighted by Crippen LogP contribution is -2.07. The van der Waals surface area contributed by atoms with Crippen molar-refractivity contribution in [3.05, 3.63) is 41.2 Å². The van der Waals surface area contributed by atoms with E-state index in [1.54, 1.807) is 6.19 Å². The Morgan fingerprint density at radius 2 is 1.83 bits per heavy atom. The lowest BCUT2D eigenvalue weighted by Gasteiger charge is -2.05. The Morgan fingerprint density at radius 3 is 2.56 bits per heavy atom. The van der Waals surface area contributed by atoms with E-state index >= 15 is 0 Å². The van der Waals surface area contributed by atoms with Crippen molar-refractivity contribution in [1.29, 1.82) is 5.26 Å². The molecule has 1 aromatic heterocycles. The van der Waals surface area contributed by atoms with Gasteiger partial charge >= 0.3 is 0 Å². The van der Waals surface area contributed by atoms with Gasteiger partial charge < -0.3 is 5.32 Å². The first-order chi connectivity index (χ1) is 8.78. The normalized spacial score (nSPS) is 9.56. The van der Waals surface area contributed by atoms with Gasteiger partial charge in [-0.15, -0.1) is 0 Å². The summed E-state index contributed by atoms with van der Waals surface area (Å²) in [6.07, 6.45) is 1.72. The molecular weight excluding hydrogens is 252 g/mol. The number of nitriles is 1. The summed E-state index contributed by atoms with van der Waals surface area (Å²) in [5.41, 5.74) is 1.09. The van der Waals surface area contributed by atoms with Gasteiger partial charge in [-0.1, -0.05) is 30.3 Å². The number of benzene rings is 1. The topological polar surface area (TPSA) is 86.5 Å². The zero-order valence-corrected chi connectivity index (χ0v) is 10.0. The van der Waals surface area contributed by atoms with E-state index in [1.165, 1.54) is 0 Å². The zero-order chi connectivity index (χ0) is 12.8. The predicted molar refractivity (Wildman–Crippen MR) is 67.8 cm³/mol. The van der Waals surface area contributed by atoms with Crippen molar-refractivity contribution in [2.24, 2.45) is 0 Å². The average Bonchev–Trinajstić information content (AvgIpc) is 2.37. The first kappa shape index (κ1) is 12.1. The van der Waals surface area contributed by atoms with Crippen LogP contribution in [0.5, 0.6) is 0 Å². The van der Waals surface area contributed by atoms with Gasteiger partial charge in [-0.05, 0) is 17.2 Å². The number of hydrogen-bond acceptors (Lipinski definition) is 6. The van der Waals surface area contributed by atoms with Gasteiger partial charge in [0.25, 0.3) is 0 Å². The van der Waals surface area contributed by atoms with E-state index in [0.29, 0.717) is 12.5 Å². The molecule has 2 aromatic rings. The van der Waals surface area contributed by atoms with E-state index in [0.717, 1.165) is 5.56 Å². The molecule has 1 heterocycles. The lowest BCUT2D eigenvalue weighted by atomic mass is 10.2. The van der Waals surface area contributed by atoms with E-state index in [9.17, 15) is 0 Å². The molecule has 0 aliphatic heterocycles. The molecule has 0 atom stereocenters. The predicted octanol–water partition coefficient (Wildman–Crippen LogP) is 2.03. The van der Waals surface area contributed by atoms with Gasteiger partial charge in [0.1, 0.15) is 0 Å². The molecule has 1 aromatic carbocycles. The highest BCUT2D eigenvalue weighted by molar-refractivity contribution is 6.28. The minimum absolute atomic E-state index is 0.0262. The Balaban J connectivity index is 2.07. The maximum Gasteiger partial charge on any atom is 0.242 e. The van der Waals surface area contributed by atoms with Crippen LogP contribution in [-0.4, -0.2) is 15.0 Å². The molecule has 0 fully saturated rings. The second kappa shape index (κ2) is 5.80. The van der Waals surface area contributed by atoms with E-state index in [-0.39, 0.29) is 11.2 Å². The highest BCUT2D eigenvalue weighted by atomic mass is 35.5.